The lowest BCUT2D eigenvalue weighted by atomic mass is 9.87. The van der Waals surface area contributed by atoms with Crippen molar-refractivity contribution in [2.75, 3.05) is 36.5 Å². The monoisotopic (exact) mass is 411 g/mol. The molecule has 2 aromatic carbocycles. The molecule has 0 amide bonds. The lowest BCUT2D eigenvalue weighted by Gasteiger charge is -2.24. The normalized spacial score (nSPS) is 21.0. The summed E-state index contributed by atoms with van der Waals surface area (Å²) in [5.74, 6) is -0.953. The number of ether oxygens (including phenoxy) is 1. The molecule has 156 valence electrons. The van der Waals surface area contributed by atoms with Crippen molar-refractivity contribution >= 4 is 17.3 Å². The van der Waals surface area contributed by atoms with Crippen molar-refractivity contribution < 1.29 is 13.5 Å². The first kappa shape index (κ1) is 19.0. The molecule has 0 radical (unpaired) electrons. The Morgan fingerprint density at radius 1 is 1.07 bits per heavy atom. The van der Waals surface area contributed by atoms with Crippen LogP contribution < -0.4 is 10.2 Å². The number of hydrogen-bond acceptors (Lipinski definition) is 5. The van der Waals surface area contributed by atoms with Gasteiger partial charge in [0.25, 0.3) is 0 Å². The molecule has 1 atom stereocenters. The van der Waals surface area contributed by atoms with Gasteiger partial charge >= 0.3 is 0 Å². The zero-order valence-electron chi connectivity index (χ0n) is 16.7. The maximum absolute atomic E-state index is 13.5. The van der Waals surface area contributed by atoms with Gasteiger partial charge in [-0.25, -0.2) is 13.5 Å². The third-order valence-electron chi connectivity index (χ3n) is 6.06. The minimum Gasteiger partial charge on any atom is -0.381 e. The van der Waals surface area contributed by atoms with Gasteiger partial charge in [0.15, 0.2) is 0 Å². The summed E-state index contributed by atoms with van der Waals surface area (Å²) < 4.78 is 34.0. The summed E-state index contributed by atoms with van der Waals surface area (Å²) in [6.07, 6.45) is 3.71. The zero-order chi connectivity index (χ0) is 20.7. The van der Waals surface area contributed by atoms with Gasteiger partial charge in [-0.05, 0) is 49.6 Å². The molecule has 1 unspecified atom stereocenters. The summed E-state index contributed by atoms with van der Waals surface area (Å²) >= 11 is 0. The van der Waals surface area contributed by atoms with Crippen LogP contribution in [0.2, 0.25) is 0 Å². The SMILES string of the molecule is Cc1ccc(N2CCC3(CCOC3)C2)cc1Nc1ncn(-c2cc(F)cc(F)c2)n1. The largest absolute Gasteiger partial charge is 0.381 e. The van der Waals surface area contributed by atoms with Crippen LogP contribution in [0.25, 0.3) is 5.69 Å². The maximum atomic E-state index is 13.5. The molecule has 3 heterocycles. The number of hydrogen-bond donors (Lipinski definition) is 1. The molecule has 3 aromatic rings. The molecule has 2 fully saturated rings. The number of rotatable bonds is 4. The molecule has 6 nitrogen and oxygen atoms in total. The second kappa shape index (κ2) is 7.36. The molecule has 0 bridgehead atoms. The quantitative estimate of drug-likeness (QED) is 0.697. The minimum absolute atomic E-state index is 0.277. The standard InChI is InChI=1S/C22H23F2N5O/c1-15-2-3-18(28-6-4-22(12-28)5-7-30-13-22)11-20(15)26-21-25-14-29(27-21)19-9-16(23)8-17(24)10-19/h2-3,8-11,14H,4-7,12-13H2,1H3,(H,26,27). The van der Waals surface area contributed by atoms with Crippen LogP contribution in [0, 0.1) is 24.0 Å². The van der Waals surface area contributed by atoms with Gasteiger partial charge in [-0.3, -0.25) is 0 Å². The molecular weight excluding hydrogens is 388 g/mol. The van der Waals surface area contributed by atoms with Crippen LogP contribution in [0.15, 0.2) is 42.7 Å². The van der Waals surface area contributed by atoms with E-state index in [1.807, 2.05) is 6.92 Å². The van der Waals surface area contributed by atoms with Gasteiger partial charge in [0.1, 0.15) is 18.0 Å². The number of anilines is 3. The summed E-state index contributed by atoms with van der Waals surface area (Å²) in [5.41, 5.74) is 3.68. The highest BCUT2D eigenvalue weighted by molar-refractivity contribution is 5.66. The van der Waals surface area contributed by atoms with E-state index in [0.717, 1.165) is 62.1 Å². The molecule has 8 heteroatoms. The molecule has 1 N–H and O–H groups in total. The zero-order valence-corrected chi connectivity index (χ0v) is 16.7. The van der Waals surface area contributed by atoms with Gasteiger partial charge in [0.2, 0.25) is 5.95 Å². The van der Waals surface area contributed by atoms with Crippen molar-refractivity contribution in [1.29, 1.82) is 0 Å². The third kappa shape index (κ3) is 3.63. The number of aromatic nitrogens is 3. The van der Waals surface area contributed by atoms with Crippen LogP contribution in [-0.4, -0.2) is 41.1 Å². The minimum atomic E-state index is -0.658. The van der Waals surface area contributed by atoms with Crippen LogP contribution in [-0.2, 0) is 4.74 Å². The van der Waals surface area contributed by atoms with E-state index in [0.29, 0.717) is 11.4 Å². The second-order valence-electron chi connectivity index (χ2n) is 8.24. The van der Waals surface area contributed by atoms with Crippen LogP contribution in [0.4, 0.5) is 26.1 Å². The van der Waals surface area contributed by atoms with Gasteiger partial charge in [0.05, 0.1) is 12.3 Å². The number of nitrogens with zero attached hydrogens (tertiary/aromatic N) is 4. The van der Waals surface area contributed by atoms with E-state index in [9.17, 15) is 8.78 Å². The van der Waals surface area contributed by atoms with Crippen LogP contribution in [0.3, 0.4) is 0 Å². The molecule has 2 aliphatic rings. The number of nitrogens with one attached hydrogen (secondary N) is 1. The molecule has 1 aromatic heterocycles. The fourth-order valence-corrected chi connectivity index (χ4v) is 4.30. The first-order valence-corrected chi connectivity index (χ1v) is 10.1. The van der Waals surface area contributed by atoms with Crippen molar-refractivity contribution in [2.24, 2.45) is 5.41 Å². The smallest absolute Gasteiger partial charge is 0.246 e. The van der Waals surface area contributed by atoms with Crippen molar-refractivity contribution in [3.05, 3.63) is 59.9 Å². The second-order valence-corrected chi connectivity index (χ2v) is 8.24. The summed E-state index contributed by atoms with van der Waals surface area (Å²) in [5, 5.41) is 7.55. The number of benzene rings is 2. The lowest BCUT2D eigenvalue weighted by molar-refractivity contribution is 0.160. The Morgan fingerprint density at radius 2 is 1.90 bits per heavy atom. The van der Waals surface area contributed by atoms with Gasteiger partial charge < -0.3 is 15.0 Å². The van der Waals surface area contributed by atoms with Crippen molar-refractivity contribution in [3.8, 4) is 5.69 Å². The molecule has 0 aliphatic carbocycles. The fourth-order valence-electron chi connectivity index (χ4n) is 4.30. The Balaban J connectivity index is 1.35. The van der Waals surface area contributed by atoms with Crippen LogP contribution in [0.5, 0.6) is 0 Å². The Morgan fingerprint density at radius 3 is 2.67 bits per heavy atom. The van der Waals surface area contributed by atoms with Crippen LogP contribution >= 0.6 is 0 Å². The Bertz CT molecular complexity index is 1060. The highest BCUT2D eigenvalue weighted by atomic mass is 19.1. The highest BCUT2D eigenvalue weighted by Crippen LogP contribution is 2.40. The average Bonchev–Trinajstić information content (AvgIpc) is 3.45. The number of aryl methyl sites for hydroxylation is 1. The lowest BCUT2D eigenvalue weighted by Crippen LogP contribution is -2.27. The fraction of sp³-hybridized carbons (Fsp3) is 0.364. The predicted octanol–water partition coefficient (Wildman–Crippen LogP) is 4.21. The average molecular weight is 411 g/mol. The van der Waals surface area contributed by atoms with Crippen molar-refractivity contribution in [3.63, 3.8) is 0 Å². The van der Waals surface area contributed by atoms with Gasteiger partial charge in [0, 0.05) is 42.6 Å². The van der Waals surface area contributed by atoms with Gasteiger partial charge in [-0.2, -0.15) is 4.98 Å². The number of halogens is 2. The topological polar surface area (TPSA) is 55.2 Å². The maximum Gasteiger partial charge on any atom is 0.246 e. The summed E-state index contributed by atoms with van der Waals surface area (Å²) in [7, 11) is 0. The summed E-state index contributed by atoms with van der Waals surface area (Å²) in [6.45, 7) is 5.75. The van der Waals surface area contributed by atoms with E-state index < -0.39 is 11.6 Å². The van der Waals surface area contributed by atoms with Crippen molar-refractivity contribution in [2.45, 2.75) is 19.8 Å². The third-order valence-corrected chi connectivity index (χ3v) is 6.06. The Labute approximate surface area is 173 Å². The molecular formula is C22H23F2N5O. The predicted molar refractivity (Wildman–Crippen MR) is 110 cm³/mol. The molecule has 2 saturated heterocycles. The van der Waals surface area contributed by atoms with Gasteiger partial charge in [-0.15, -0.1) is 5.10 Å². The van der Waals surface area contributed by atoms with E-state index in [-0.39, 0.29) is 5.69 Å². The molecule has 5 rings (SSSR count). The van der Waals surface area contributed by atoms with E-state index in [1.165, 1.54) is 23.1 Å². The van der Waals surface area contributed by atoms with Gasteiger partial charge in [-0.1, -0.05) is 6.07 Å². The first-order chi connectivity index (χ1) is 14.5. The van der Waals surface area contributed by atoms with E-state index in [2.05, 4.69) is 38.5 Å². The molecule has 0 saturated carbocycles. The summed E-state index contributed by atoms with van der Waals surface area (Å²) in [4.78, 5) is 6.64. The molecule has 2 aliphatic heterocycles. The van der Waals surface area contributed by atoms with Crippen molar-refractivity contribution in [1.82, 2.24) is 14.8 Å². The van der Waals surface area contributed by atoms with E-state index >= 15 is 0 Å². The van der Waals surface area contributed by atoms with E-state index in [1.54, 1.807) is 0 Å². The molecule has 30 heavy (non-hydrogen) atoms. The van der Waals surface area contributed by atoms with Crippen LogP contribution in [0.1, 0.15) is 18.4 Å². The Hall–Kier alpha value is -3.00. The summed E-state index contributed by atoms with van der Waals surface area (Å²) in [6, 6.07) is 9.57. The molecule has 1 spiro atoms. The Kier molecular flexibility index (Phi) is 4.66. The first-order valence-electron chi connectivity index (χ1n) is 10.1. The highest BCUT2D eigenvalue weighted by Gasteiger charge is 2.41. The van der Waals surface area contributed by atoms with E-state index in [4.69, 9.17) is 4.74 Å².